The Balaban J connectivity index is 0.00000121. The van der Waals surface area contributed by atoms with Crippen LogP contribution in [0.3, 0.4) is 0 Å². The van der Waals surface area contributed by atoms with E-state index in [0.29, 0.717) is 19.1 Å². The molecule has 236 valence electrons. The molecule has 2 aliphatic rings. The minimum Gasteiger partial charge on any atom is -0.378 e. The van der Waals surface area contributed by atoms with Gasteiger partial charge in [0.1, 0.15) is 11.6 Å². The monoisotopic (exact) mass is 591 g/mol. The smallest absolute Gasteiger partial charge is 0.229 e. The lowest BCUT2D eigenvalue weighted by atomic mass is 9.87. The number of anilines is 5. The molecule has 0 saturated carbocycles. The Labute approximate surface area is 259 Å². The van der Waals surface area contributed by atoms with Crippen LogP contribution in [0.15, 0.2) is 42.6 Å². The van der Waals surface area contributed by atoms with E-state index in [1.165, 1.54) is 11.3 Å². The van der Waals surface area contributed by atoms with Crippen LogP contribution < -0.4 is 20.4 Å². The van der Waals surface area contributed by atoms with Crippen molar-refractivity contribution in [3.05, 3.63) is 59.4 Å². The molecule has 0 radical (unpaired) electrons. The number of hydrogen-bond donors (Lipinski definition) is 2. The van der Waals surface area contributed by atoms with Crippen LogP contribution in [0.2, 0.25) is 0 Å². The first-order chi connectivity index (χ1) is 20.8. The summed E-state index contributed by atoms with van der Waals surface area (Å²) < 4.78 is 11.6. The topological polar surface area (TPSA) is 87.7 Å². The first kappa shape index (κ1) is 34.2. The van der Waals surface area contributed by atoms with Gasteiger partial charge in [-0.05, 0) is 76.7 Å². The number of hydrogen-bond acceptors (Lipinski definition) is 9. The number of pyridine rings is 1. The summed E-state index contributed by atoms with van der Waals surface area (Å²) >= 11 is 0. The summed E-state index contributed by atoms with van der Waals surface area (Å²) in [6.45, 7) is 23.2. The van der Waals surface area contributed by atoms with Crippen molar-refractivity contribution >= 4 is 29.0 Å². The highest BCUT2D eigenvalue weighted by atomic mass is 16.5. The third-order valence-corrected chi connectivity index (χ3v) is 7.59. The van der Waals surface area contributed by atoms with Crippen LogP contribution in [0, 0.1) is 6.92 Å². The van der Waals surface area contributed by atoms with Crippen molar-refractivity contribution in [2.45, 2.75) is 79.9 Å². The van der Waals surface area contributed by atoms with Crippen molar-refractivity contribution in [3.63, 3.8) is 0 Å². The summed E-state index contributed by atoms with van der Waals surface area (Å²) in [6, 6.07) is 12.9. The highest BCUT2D eigenvalue weighted by molar-refractivity contribution is 5.69. The molecule has 4 heterocycles. The first-order valence-electron chi connectivity index (χ1n) is 15.9. The molecular formula is C34H53N7O2. The minimum atomic E-state index is -0.266. The molecular weight excluding hydrogens is 538 g/mol. The fourth-order valence-corrected chi connectivity index (χ4v) is 5.18. The molecule has 1 saturated heterocycles. The lowest BCUT2D eigenvalue weighted by molar-refractivity contribution is 0.0468. The zero-order chi connectivity index (χ0) is 31.6. The maximum Gasteiger partial charge on any atom is 0.229 e. The van der Waals surface area contributed by atoms with Crippen LogP contribution in [0.5, 0.6) is 0 Å². The lowest BCUT2D eigenvalue weighted by Crippen LogP contribution is -2.36. The molecule has 2 atom stereocenters. The molecule has 2 aromatic heterocycles. The summed E-state index contributed by atoms with van der Waals surface area (Å²) in [7, 11) is 1.98. The van der Waals surface area contributed by atoms with Crippen LogP contribution >= 0.6 is 0 Å². The van der Waals surface area contributed by atoms with Gasteiger partial charge in [0.25, 0.3) is 0 Å². The number of ether oxygens (including phenoxy) is 2. The lowest BCUT2D eigenvalue weighted by Gasteiger charge is -2.28. The second-order valence-electron chi connectivity index (χ2n) is 11.1. The van der Waals surface area contributed by atoms with Gasteiger partial charge in [0.15, 0.2) is 0 Å². The van der Waals surface area contributed by atoms with Crippen LogP contribution in [-0.4, -0.2) is 67.6 Å². The Kier molecular flexibility index (Phi) is 12.7. The van der Waals surface area contributed by atoms with Crippen molar-refractivity contribution in [1.29, 1.82) is 0 Å². The van der Waals surface area contributed by atoms with Crippen molar-refractivity contribution in [3.8, 4) is 0 Å². The Bertz CT molecular complexity index is 1280. The number of rotatable bonds is 9. The number of nitrogens with one attached hydrogen (secondary N) is 2. The number of morpholine rings is 1. The summed E-state index contributed by atoms with van der Waals surface area (Å²) in [5.41, 5.74) is 5.12. The van der Waals surface area contributed by atoms with Gasteiger partial charge in [-0.2, -0.15) is 4.98 Å². The molecule has 5 rings (SSSR count). The number of benzene rings is 1. The fourth-order valence-electron chi connectivity index (χ4n) is 5.18. The van der Waals surface area contributed by atoms with Gasteiger partial charge in [-0.25, -0.2) is 9.97 Å². The predicted molar refractivity (Wildman–Crippen MR) is 179 cm³/mol. The largest absolute Gasteiger partial charge is 0.378 e. The Morgan fingerprint density at radius 3 is 2.30 bits per heavy atom. The second-order valence-corrected chi connectivity index (χ2v) is 11.1. The minimum absolute atomic E-state index is 0.141. The maximum atomic E-state index is 6.12. The Morgan fingerprint density at radius 1 is 1.00 bits per heavy atom. The molecule has 2 N–H and O–H groups in total. The molecule has 2 aliphatic heterocycles. The first-order valence-corrected chi connectivity index (χ1v) is 15.9. The SMILES string of the molecule is CC.CC.CNC(C)c1cc(C)nc(N2CC(C)(COC(C)C)c3cnc(Nc4ccc(N5CCOCC5)cc4)nc32)c1. The molecule has 43 heavy (non-hydrogen) atoms. The van der Waals surface area contributed by atoms with Crippen LogP contribution in [0.25, 0.3) is 0 Å². The number of nitrogens with zero attached hydrogens (tertiary/aromatic N) is 5. The van der Waals surface area contributed by atoms with Crippen molar-refractivity contribution in [2.75, 3.05) is 61.6 Å². The summed E-state index contributed by atoms with van der Waals surface area (Å²) in [5, 5.41) is 6.75. The van der Waals surface area contributed by atoms with Gasteiger partial charge in [-0.1, -0.05) is 34.6 Å². The summed E-state index contributed by atoms with van der Waals surface area (Å²) in [5.74, 6) is 2.32. The number of fused-ring (bicyclic) bond motifs is 1. The molecule has 0 bridgehead atoms. The fraction of sp³-hybridized carbons (Fsp3) is 0.559. The van der Waals surface area contributed by atoms with Crippen molar-refractivity contribution in [2.24, 2.45) is 0 Å². The van der Waals surface area contributed by atoms with E-state index in [-0.39, 0.29) is 17.6 Å². The molecule has 9 heteroatoms. The molecule has 3 aromatic rings. The molecule has 2 unspecified atom stereocenters. The molecule has 0 aliphatic carbocycles. The van der Waals surface area contributed by atoms with E-state index < -0.39 is 0 Å². The van der Waals surface area contributed by atoms with E-state index in [4.69, 9.17) is 24.4 Å². The predicted octanol–water partition coefficient (Wildman–Crippen LogP) is 6.93. The standard InChI is InChI=1S/C30H41N7O2.2C2H6/c1-20(2)39-19-30(5)18-37(27-16-23(22(4)31-6)15-21(3)33-27)28-26(30)17-32-29(35-28)34-24-7-9-25(10-8-24)36-11-13-38-14-12-36;2*1-2/h7-10,15-17,20,22,31H,11-14,18-19H2,1-6H3,(H,32,34,35);2*1-2H3. The maximum absolute atomic E-state index is 6.12. The van der Waals surface area contributed by atoms with Crippen LogP contribution in [0.4, 0.5) is 29.0 Å². The van der Waals surface area contributed by atoms with E-state index in [2.05, 4.69) is 84.5 Å². The highest BCUT2D eigenvalue weighted by Gasteiger charge is 2.42. The van der Waals surface area contributed by atoms with E-state index in [9.17, 15) is 0 Å². The zero-order valence-corrected chi connectivity index (χ0v) is 28.0. The second kappa shape index (κ2) is 16.0. The van der Waals surface area contributed by atoms with E-state index in [1.807, 2.05) is 47.9 Å². The van der Waals surface area contributed by atoms with E-state index >= 15 is 0 Å². The van der Waals surface area contributed by atoms with Gasteiger partial charge < -0.3 is 29.9 Å². The molecule has 9 nitrogen and oxygen atoms in total. The number of aromatic nitrogens is 3. The van der Waals surface area contributed by atoms with Gasteiger partial charge in [-0.15, -0.1) is 0 Å². The average molecular weight is 592 g/mol. The summed E-state index contributed by atoms with van der Waals surface area (Å²) in [4.78, 5) is 19.2. The number of aryl methyl sites for hydroxylation is 1. The molecule has 1 aromatic carbocycles. The third-order valence-electron chi connectivity index (χ3n) is 7.59. The third kappa shape index (κ3) is 8.43. The van der Waals surface area contributed by atoms with Gasteiger partial charge >= 0.3 is 0 Å². The Hall–Kier alpha value is -3.27. The van der Waals surface area contributed by atoms with E-state index in [1.54, 1.807) is 0 Å². The van der Waals surface area contributed by atoms with Gasteiger partial charge in [0.2, 0.25) is 5.95 Å². The molecule has 0 amide bonds. The summed E-state index contributed by atoms with van der Waals surface area (Å²) in [6.07, 6.45) is 2.09. The van der Waals surface area contributed by atoms with Gasteiger partial charge in [0.05, 0.1) is 25.9 Å². The Morgan fingerprint density at radius 2 is 1.67 bits per heavy atom. The van der Waals surface area contributed by atoms with Crippen molar-refractivity contribution < 1.29 is 9.47 Å². The average Bonchev–Trinajstić information content (AvgIpc) is 3.34. The van der Waals surface area contributed by atoms with E-state index in [0.717, 1.165) is 54.9 Å². The highest BCUT2D eigenvalue weighted by Crippen LogP contribution is 2.44. The van der Waals surface area contributed by atoms with Crippen molar-refractivity contribution in [1.82, 2.24) is 20.3 Å². The molecule has 0 spiro atoms. The van der Waals surface area contributed by atoms with Gasteiger partial charge in [0, 0.05) is 59.9 Å². The molecule has 1 fully saturated rings. The van der Waals surface area contributed by atoms with Gasteiger partial charge in [-0.3, -0.25) is 0 Å². The van der Waals surface area contributed by atoms with Crippen LogP contribution in [-0.2, 0) is 14.9 Å². The zero-order valence-electron chi connectivity index (χ0n) is 28.0. The normalized spacial score (nSPS) is 18.3. The van der Waals surface area contributed by atoms with Crippen LogP contribution in [0.1, 0.15) is 78.3 Å². The quantitative estimate of drug-likeness (QED) is 0.275.